The Morgan fingerprint density at radius 1 is 1.33 bits per heavy atom. The third-order valence-corrected chi connectivity index (χ3v) is 5.43. The number of esters is 1. The highest BCUT2D eigenvalue weighted by molar-refractivity contribution is 7.89. The highest BCUT2D eigenvalue weighted by Gasteiger charge is 2.38. The molecule has 1 saturated heterocycles. The molecule has 2 rings (SSSR count). The summed E-state index contributed by atoms with van der Waals surface area (Å²) < 4.78 is 31.2. The van der Waals surface area contributed by atoms with E-state index in [9.17, 15) is 13.2 Å². The van der Waals surface area contributed by atoms with Crippen molar-refractivity contribution >= 4 is 39.2 Å². The van der Waals surface area contributed by atoms with Gasteiger partial charge in [0.05, 0.1) is 12.0 Å². The van der Waals surface area contributed by atoms with Gasteiger partial charge >= 0.3 is 5.97 Å². The molecule has 0 amide bonds. The summed E-state index contributed by atoms with van der Waals surface area (Å²) in [7, 11) is -2.67. The normalized spacial score (nSPS) is 20.2. The van der Waals surface area contributed by atoms with Crippen LogP contribution >= 0.6 is 23.2 Å². The van der Waals surface area contributed by atoms with E-state index in [1.807, 2.05) is 0 Å². The number of piperazine rings is 1. The maximum atomic E-state index is 12.7. The molecule has 0 bridgehead atoms. The summed E-state index contributed by atoms with van der Waals surface area (Å²) >= 11 is 11.7. The van der Waals surface area contributed by atoms with E-state index in [1.54, 1.807) is 0 Å². The molecule has 116 valence electrons. The fourth-order valence-electron chi connectivity index (χ4n) is 2.12. The van der Waals surface area contributed by atoms with Crippen molar-refractivity contribution in [2.75, 3.05) is 26.7 Å². The summed E-state index contributed by atoms with van der Waals surface area (Å²) in [4.78, 5) is 11.7. The van der Waals surface area contributed by atoms with E-state index in [4.69, 9.17) is 23.2 Å². The standard InChI is InChI=1S/C12H14Cl2N2O4S/c1-20-12(17)11-7-15-2-3-16(11)21(18,19)10-5-8(13)4-9(14)6-10/h4-6,11,15H,2-3,7H2,1H3/t11-/m0/s1. The van der Waals surface area contributed by atoms with Crippen LogP contribution in [0.1, 0.15) is 0 Å². The smallest absolute Gasteiger partial charge is 0.325 e. The Balaban J connectivity index is 2.42. The van der Waals surface area contributed by atoms with E-state index >= 15 is 0 Å². The average Bonchev–Trinajstić information content (AvgIpc) is 2.45. The molecule has 1 aliphatic rings. The van der Waals surface area contributed by atoms with Crippen LogP contribution in [-0.4, -0.2) is 51.5 Å². The number of rotatable bonds is 3. The molecule has 0 radical (unpaired) electrons. The Morgan fingerprint density at radius 2 is 1.95 bits per heavy atom. The minimum Gasteiger partial charge on any atom is -0.468 e. The van der Waals surface area contributed by atoms with Gasteiger partial charge in [-0.05, 0) is 18.2 Å². The van der Waals surface area contributed by atoms with Gasteiger partial charge in [0.2, 0.25) is 10.0 Å². The number of halogens is 2. The molecule has 0 saturated carbocycles. The molecule has 9 heteroatoms. The summed E-state index contributed by atoms with van der Waals surface area (Å²) in [5.74, 6) is -0.612. The third-order valence-electron chi connectivity index (χ3n) is 3.11. The summed E-state index contributed by atoms with van der Waals surface area (Å²) in [5.41, 5.74) is 0. The average molecular weight is 353 g/mol. The second-order valence-corrected chi connectivity index (χ2v) is 7.23. The van der Waals surface area contributed by atoms with Gasteiger partial charge in [-0.25, -0.2) is 8.42 Å². The fraction of sp³-hybridized carbons (Fsp3) is 0.417. The molecule has 0 unspecified atom stereocenters. The van der Waals surface area contributed by atoms with Crippen LogP contribution < -0.4 is 5.32 Å². The lowest BCUT2D eigenvalue weighted by Gasteiger charge is -2.33. The van der Waals surface area contributed by atoms with Crippen LogP contribution in [0.5, 0.6) is 0 Å². The summed E-state index contributed by atoms with van der Waals surface area (Å²) in [5, 5.41) is 3.39. The zero-order valence-corrected chi connectivity index (χ0v) is 13.5. The van der Waals surface area contributed by atoms with Crippen LogP contribution in [0.25, 0.3) is 0 Å². The maximum Gasteiger partial charge on any atom is 0.325 e. The molecule has 0 aliphatic carbocycles. The Morgan fingerprint density at radius 3 is 2.52 bits per heavy atom. The van der Waals surface area contributed by atoms with Gasteiger partial charge < -0.3 is 10.1 Å². The van der Waals surface area contributed by atoms with E-state index in [2.05, 4.69) is 10.1 Å². The van der Waals surface area contributed by atoms with Crippen LogP contribution in [0, 0.1) is 0 Å². The molecule has 0 aromatic heterocycles. The van der Waals surface area contributed by atoms with Gasteiger partial charge in [0.15, 0.2) is 0 Å². The monoisotopic (exact) mass is 352 g/mol. The fourth-order valence-corrected chi connectivity index (χ4v) is 4.43. The molecule has 1 aromatic rings. The van der Waals surface area contributed by atoms with Gasteiger partial charge in [-0.1, -0.05) is 23.2 Å². The number of hydrogen-bond donors (Lipinski definition) is 1. The highest BCUT2D eigenvalue weighted by Crippen LogP contribution is 2.26. The van der Waals surface area contributed by atoms with Gasteiger partial charge in [0.25, 0.3) is 0 Å². The van der Waals surface area contributed by atoms with E-state index in [1.165, 1.54) is 25.3 Å². The molecule has 6 nitrogen and oxygen atoms in total. The summed E-state index contributed by atoms with van der Waals surface area (Å²) in [6.45, 7) is 0.799. The van der Waals surface area contributed by atoms with Gasteiger partial charge in [0, 0.05) is 29.7 Å². The summed E-state index contributed by atoms with van der Waals surface area (Å²) in [6, 6.07) is 3.14. The number of nitrogens with zero attached hydrogens (tertiary/aromatic N) is 1. The second kappa shape index (κ2) is 6.50. The first kappa shape index (κ1) is 16.5. The third kappa shape index (κ3) is 3.49. The molecule has 1 heterocycles. The number of hydrogen-bond acceptors (Lipinski definition) is 5. The number of benzene rings is 1. The molecule has 1 N–H and O–H groups in total. The van der Waals surface area contributed by atoms with Crippen LogP contribution in [0.2, 0.25) is 10.0 Å². The van der Waals surface area contributed by atoms with Gasteiger partial charge in [0.1, 0.15) is 6.04 Å². The van der Waals surface area contributed by atoms with Crippen molar-refractivity contribution in [2.45, 2.75) is 10.9 Å². The molecular formula is C12H14Cl2N2O4S. The Labute approximate surface area is 133 Å². The first-order valence-electron chi connectivity index (χ1n) is 6.13. The lowest BCUT2D eigenvalue weighted by Crippen LogP contribution is -2.57. The predicted octanol–water partition coefficient (Wildman–Crippen LogP) is 1.13. The van der Waals surface area contributed by atoms with Crippen LogP contribution in [0.4, 0.5) is 0 Å². The molecule has 1 aromatic carbocycles. The van der Waals surface area contributed by atoms with E-state index in [0.29, 0.717) is 6.54 Å². The molecule has 0 spiro atoms. The number of methoxy groups -OCH3 is 1. The Hall–Kier alpha value is -0.860. The van der Waals surface area contributed by atoms with Crippen LogP contribution in [-0.2, 0) is 19.6 Å². The van der Waals surface area contributed by atoms with E-state index < -0.39 is 22.0 Å². The molecule has 1 atom stereocenters. The molecular weight excluding hydrogens is 339 g/mol. The second-order valence-electron chi connectivity index (χ2n) is 4.46. The number of sulfonamides is 1. The first-order chi connectivity index (χ1) is 9.86. The van der Waals surface area contributed by atoms with Crippen molar-refractivity contribution in [3.63, 3.8) is 0 Å². The van der Waals surface area contributed by atoms with Crippen molar-refractivity contribution in [1.29, 1.82) is 0 Å². The quantitative estimate of drug-likeness (QED) is 0.825. The van der Waals surface area contributed by atoms with Crippen LogP contribution in [0.3, 0.4) is 0 Å². The number of carbonyl (C=O) groups is 1. The number of nitrogens with one attached hydrogen (secondary N) is 1. The maximum absolute atomic E-state index is 12.7. The Bertz CT molecular complexity index is 630. The number of ether oxygens (including phenoxy) is 1. The molecule has 21 heavy (non-hydrogen) atoms. The largest absolute Gasteiger partial charge is 0.468 e. The topological polar surface area (TPSA) is 75.7 Å². The minimum atomic E-state index is -3.89. The van der Waals surface area contributed by atoms with Crippen LogP contribution in [0.15, 0.2) is 23.1 Å². The SMILES string of the molecule is COC(=O)[C@@H]1CNCCN1S(=O)(=O)c1cc(Cl)cc(Cl)c1. The van der Waals surface area contributed by atoms with E-state index in [0.717, 1.165) is 4.31 Å². The predicted molar refractivity (Wildman–Crippen MR) is 79.0 cm³/mol. The van der Waals surface area contributed by atoms with E-state index in [-0.39, 0.29) is 28.0 Å². The molecule has 1 aliphatic heterocycles. The number of carbonyl (C=O) groups excluding carboxylic acids is 1. The lowest BCUT2D eigenvalue weighted by molar-refractivity contribution is -0.145. The van der Waals surface area contributed by atoms with Gasteiger partial charge in [-0.2, -0.15) is 4.31 Å². The van der Waals surface area contributed by atoms with Gasteiger partial charge in [-0.15, -0.1) is 0 Å². The summed E-state index contributed by atoms with van der Waals surface area (Å²) in [6.07, 6.45) is 0. The minimum absolute atomic E-state index is 0.0456. The van der Waals surface area contributed by atoms with Crippen molar-refractivity contribution in [3.05, 3.63) is 28.2 Å². The highest BCUT2D eigenvalue weighted by atomic mass is 35.5. The van der Waals surface area contributed by atoms with Crippen molar-refractivity contribution in [3.8, 4) is 0 Å². The zero-order valence-electron chi connectivity index (χ0n) is 11.2. The van der Waals surface area contributed by atoms with Crippen molar-refractivity contribution < 1.29 is 17.9 Å². The lowest BCUT2D eigenvalue weighted by atomic mass is 10.2. The zero-order chi connectivity index (χ0) is 15.6. The van der Waals surface area contributed by atoms with Crippen molar-refractivity contribution in [1.82, 2.24) is 9.62 Å². The van der Waals surface area contributed by atoms with Crippen molar-refractivity contribution in [2.24, 2.45) is 0 Å². The van der Waals surface area contributed by atoms with Gasteiger partial charge in [-0.3, -0.25) is 4.79 Å². The first-order valence-corrected chi connectivity index (χ1v) is 8.32. The molecule has 1 fully saturated rings. The Kier molecular flexibility index (Phi) is 5.11.